The summed E-state index contributed by atoms with van der Waals surface area (Å²) in [7, 11) is 0. The number of ether oxygens (including phenoxy) is 1. The first kappa shape index (κ1) is 13.5. The van der Waals surface area contributed by atoms with Gasteiger partial charge >= 0.3 is 5.97 Å². The molecule has 0 unspecified atom stereocenters. The van der Waals surface area contributed by atoms with Gasteiger partial charge in [0.2, 0.25) is 0 Å². The third-order valence-electron chi connectivity index (χ3n) is 2.72. The number of nitrogens with two attached hydrogens (primary N) is 1. The molecule has 4 heteroatoms. The van der Waals surface area contributed by atoms with Gasteiger partial charge in [0.05, 0.1) is 5.56 Å². The standard InChI is InChI=1S/C13H20N2O2/c1-3-15(4-2)9-10-17-13(16)11-7-5-6-8-12(11)14/h5-8H,3-4,9-10,14H2,1-2H3. The zero-order valence-corrected chi connectivity index (χ0v) is 10.5. The van der Waals surface area contributed by atoms with Crippen LogP contribution in [-0.2, 0) is 4.74 Å². The SMILES string of the molecule is CCN(CC)CCOC(=O)c1ccccc1N. The van der Waals surface area contributed by atoms with E-state index in [2.05, 4.69) is 18.7 Å². The number of hydrogen-bond donors (Lipinski definition) is 1. The van der Waals surface area contributed by atoms with Crippen molar-refractivity contribution in [1.29, 1.82) is 0 Å². The predicted molar refractivity (Wildman–Crippen MR) is 68.9 cm³/mol. The fraction of sp³-hybridized carbons (Fsp3) is 0.462. The molecule has 0 amide bonds. The van der Waals surface area contributed by atoms with Crippen LogP contribution in [0.15, 0.2) is 24.3 Å². The molecule has 0 aliphatic carbocycles. The lowest BCUT2D eigenvalue weighted by molar-refractivity contribution is 0.0467. The van der Waals surface area contributed by atoms with Crippen LogP contribution >= 0.6 is 0 Å². The van der Waals surface area contributed by atoms with Crippen molar-refractivity contribution in [3.63, 3.8) is 0 Å². The van der Waals surface area contributed by atoms with Gasteiger partial charge in [0, 0.05) is 12.2 Å². The van der Waals surface area contributed by atoms with Crippen molar-refractivity contribution < 1.29 is 9.53 Å². The number of benzene rings is 1. The lowest BCUT2D eigenvalue weighted by Gasteiger charge is -2.17. The van der Waals surface area contributed by atoms with E-state index < -0.39 is 0 Å². The Balaban J connectivity index is 2.43. The maximum Gasteiger partial charge on any atom is 0.340 e. The summed E-state index contributed by atoms with van der Waals surface area (Å²) in [5.74, 6) is -0.352. The first-order chi connectivity index (χ1) is 8.19. The summed E-state index contributed by atoms with van der Waals surface area (Å²) in [5.41, 5.74) is 6.59. The number of nitrogen functional groups attached to an aromatic ring is 1. The Morgan fingerprint density at radius 2 is 1.94 bits per heavy atom. The van der Waals surface area contributed by atoms with Crippen molar-refractivity contribution >= 4 is 11.7 Å². The lowest BCUT2D eigenvalue weighted by Crippen LogP contribution is -2.28. The average Bonchev–Trinajstić information content (AvgIpc) is 2.35. The minimum absolute atomic E-state index is 0.352. The number of likely N-dealkylation sites (N-methyl/N-ethyl adjacent to an activating group) is 1. The second-order valence-electron chi connectivity index (χ2n) is 3.75. The van der Waals surface area contributed by atoms with Gasteiger partial charge in [0.1, 0.15) is 6.61 Å². The van der Waals surface area contributed by atoms with Crippen LogP contribution in [0.5, 0.6) is 0 Å². The van der Waals surface area contributed by atoms with Crippen LogP contribution in [0.2, 0.25) is 0 Å². The summed E-state index contributed by atoms with van der Waals surface area (Å²) < 4.78 is 5.18. The van der Waals surface area contributed by atoms with E-state index in [1.165, 1.54) is 0 Å². The maximum absolute atomic E-state index is 11.7. The van der Waals surface area contributed by atoms with Gasteiger partial charge in [-0.1, -0.05) is 26.0 Å². The van der Waals surface area contributed by atoms with Crippen LogP contribution in [0.25, 0.3) is 0 Å². The van der Waals surface area contributed by atoms with Crippen molar-refractivity contribution in [3.05, 3.63) is 29.8 Å². The number of para-hydroxylation sites is 1. The molecule has 1 aromatic carbocycles. The smallest absolute Gasteiger partial charge is 0.340 e. The fourth-order valence-corrected chi connectivity index (χ4v) is 1.57. The Labute approximate surface area is 102 Å². The molecule has 0 radical (unpaired) electrons. The van der Waals surface area contributed by atoms with Crippen LogP contribution in [0.4, 0.5) is 5.69 Å². The molecule has 0 saturated heterocycles. The molecule has 0 heterocycles. The van der Waals surface area contributed by atoms with E-state index in [1.54, 1.807) is 24.3 Å². The second-order valence-corrected chi connectivity index (χ2v) is 3.75. The Morgan fingerprint density at radius 1 is 1.29 bits per heavy atom. The van der Waals surface area contributed by atoms with E-state index in [1.807, 2.05) is 0 Å². The highest BCUT2D eigenvalue weighted by atomic mass is 16.5. The number of nitrogens with zero attached hydrogens (tertiary/aromatic N) is 1. The molecule has 94 valence electrons. The largest absolute Gasteiger partial charge is 0.461 e. The van der Waals surface area contributed by atoms with Crippen LogP contribution in [-0.4, -0.2) is 37.1 Å². The summed E-state index contributed by atoms with van der Waals surface area (Å²) in [6, 6.07) is 6.94. The predicted octanol–water partition coefficient (Wildman–Crippen LogP) is 1.77. The minimum atomic E-state index is -0.352. The first-order valence-electron chi connectivity index (χ1n) is 5.93. The molecule has 0 atom stereocenters. The van der Waals surface area contributed by atoms with Crippen molar-refractivity contribution in [2.45, 2.75) is 13.8 Å². The van der Waals surface area contributed by atoms with Crippen LogP contribution in [0.3, 0.4) is 0 Å². The molecule has 0 aromatic heterocycles. The highest BCUT2D eigenvalue weighted by Crippen LogP contribution is 2.11. The monoisotopic (exact) mass is 236 g/mol. The van der Waals surface area contributed by atoms with Gasteiger partial charge in [0.25, 0.3) is 0 Å². The highest BCUT2D eigenvalue weighted by molar-refractivity contribution is 5.94. The van der Waals surface area contributed by atoms with Gasteiger partial charge in [-0.05, 0) is 25.2 Å². The Morgan fingerprint density at radius 3 is 2.53 bits per heavy atom. The summed E-state index contributed by atoms with van der Waals surface area (Å²) in [5, 5.41) is 0. The van der Waals surface area contributed by atoms with Crippen LogP contribution in [0, 0.1) is 0 Å². The molecule has 17 heavy (non-hydrogen) atoms. The topological polar surface area (TPSA) is 55.6 Å². The normalized spacial score (nSPS) is 10.5. The lowest BCUT2D eigenvalue weighted by atomic mass is 10.2. The second kappa shape index (κ2) is 6.91. The Bertz CT molecular complexity index is 362. The third-order valence-corrected chi connectivity index (χ3v) is 2.72. The van der Waals surface area contributed by atoms with Crippen LogP contribution < -0.4 is 5.73 Å². The number of anilines is 1. The third kappa shape index (κ3) is 4.07. The summed E-state index contributed by atoms with van der Waals surface area (Å²) >= 11 is 0. The molecule has 1 rings (SSSR count). The molecule has 4 nitrogen and oxygen atoms in total. The summed E-state index contributed by atoms with van der Waals surface area (Å²) in [6.45, 7) is 7.24. The number of carbonyl (C=O) groups excluding carboxylic acids is 1. The van der Waals surface area contributed by atoms with E-state index in [4.69, 9.17) is 10.5 Å². The Hall–Kier alpha value is -1.55. The van der Waals surface area contributed by atoms with E-state index in [9.17, 15) is 4.79 Å². The maximum atomic E-state index is 11.7. The van der Waals surface area contributed by atoms with E-state index in [0.717, 1.165) is 19.6 Å². The number of carbonyl (C=O) groups is 1. The van der Waals surface area contributed by atoms with Gasteiger partial charge in [-0.25, -0.2) is 4.79 Å². The fourth-order valence-electron chi connectivity index (χ4n) is 1.57. The molecule has 0 aliphatic rings. The molecule has 0 bridgehead atoms. The van der Waals surface area contributed by atoms with Gasteiger partial charge in [0.15, 0.2) is 0 Å². The molecule has 1 aromatic rings. The molecule has 0 saturated carbocycles. The molecule has 0 fully saturated rings. The van der Waals surface area contributed by atoms with Crippen molar-refractivity contribution in [3.8, 4) is 0 Å². The van der Waals surface area contributed by atoms with Crippen molar-refractivity contribution in [2.24, 2.45) is 0 Å². The molecule has 2 N–H and O–H groups in total. The van der Waals surface area contributed by atoms with E-state index in [-0.39, 0.29) is 5.97 Å². The molecule has 0 spiro atoms. The summed E-state index contributed by atoms with van der Waals surface area (Å²) in [4.78, 5) is 13.9. The number of hydrogen-bond acceptors (Lipinski definition) is 4. The van der Waals surface area contributed by atoms with Crippen LogP contribution in [0.1, 0.15) is 24.2 Å². The first-order valence-corrected chi connectivity index (χ1v) is 5.93. The highest BCUT2D eigenvalue weighted by Gasteiger charge is 2.10. The number of esters is 1. The zero-order valence-electron chi connectivity index (χ0n) is 10.5. The minimum Gasteiger partial charge on any atom is -0.461 e. The van der Waals surface area contributed by atoms with E-state index in [0.29, 0.717) is 17.9 Å². The quantitative estimate of drug-likeness (QED) is 0.604. The number of rotatable bonds is 6. The molecule has 0 aliphatic heterocycles. The van der Waals surface area contributed by atoms with Gasteiger partial charge in [-0.15, -0.1) is 0 Å². The van der Waals surface area contributed by atoms with Gasteiger partial charge in [-0.2, -0.15) is 0 Å². The molecular weight excluding hydrogens is 216 g/mol. The Kier molecular flexibility index (Phi) is 5.49. The van der Waals surface area contributed by atoms with Gasteiger partial charge < -0.3 is 15.4 Å². The van der Waals surface area contributed by atoms with Crippen molar-refractivity contribution in [2.75, 3.05) is 32.0 Å². The van der Waals surface area contributed by atoms with Gasteiger partial charge in [-0.3, -0.25) is 0 Å². The summed E-state index contributed by atoms with van der Waals surface area (Å²) in [6.07, 6.45) is 0. The molecular formula is C13H20N2O2. The van der Waals surface area contributed by atoms with Crippen molar-refractivity contribution in [1.82, 2.24) is 4.90 Å². The average molecular weight is 236 g/mol. The zero-order chi connectivity index (χ0) is 12.7. The van der Waals surface area contributed by atoms with E-state index >= 15 is 0 Å².